The Hall–Kier alpha value is -1.86. The highest BCUT2D eigenvalue weighted by molar-refractivity contribution is 5.07. The maximum absolute atomic E-state index is 5.73. The van der Waals surface area contributed by atoms with Crippen molar-refractivity contribution >= 4 is 0 Å². The summed E-state index contributed by atoms with van der Waals surface area (Å²) in [5.74, 6) is 1.75. The molecule has 1 aliphatic heterocycles. The van der Waals surface area contributed by atoms with Gasteiger partial charge in [0.2, 0.25) is 5.89 Å². The summed E-state index contributed by atoms with van der Waals surface area (Å²) in [7, 11) is 0. The molecule has 22 heavy (non-hydrogen) atoms. The molecule has 2 aromatic rings. The van der Waals surface area contributed by atoms with E-state index in [1.807, 2.05) is 19.9 Å². The lowest BCUT2D eigenvalue weighted by Crippen LogP contribution is -2.31. The van der Waals surface area contributed by atoms with E-state index in [9.17, 15) is 0 Å². The van der Waals surface area contributed by atoms with Crippen molar-refractivity contribution in [3.8, 4) is 0 Å². The van der Waals surface area contributed by atoms with Crippen LogP contribution in [0.3, 0.4) is 0 Å². The Morgan fingerprint density at radius 3 is 3.00 bits per heavy atom. The van der Waals surface area contributed by atoms with Crippen molar-refractivity contribution in [1.29, 1.82) is 0 Å². The molecule has 0 amide bonds. The molecule has 0 spiro atoms. The normalized spacial score (nSPS) is 20.0. The van der Waals surface area contributed by atoms with Crippen molar-refractivity contribution in [3.05, 3.63) is 35.5 Å². The summed E-state index contributed by atoms with van der Waals surface area (Å²) in [5.41, 5.74) is 2.07. The van der Waals surface area contributed by atoms with Crippen LogP contribution in [0.4, 0.5) is 0 Å². The second-order valence-corrected chi connectivity index (χ2v) is 5.76. The predicted molar refractivity (Wildman–Crippen MR) is 79.1 cm³/mol. The highest BCUT2D eigenvalue weighted by Gasteiger charge is 2.21. The molecule has 3 rings (SSSR count). The number of rotatable bonds is 4. The maximum atomic E-state index is 5.73. The van der Waals surface area contributed by atoms with Crippen LogP contribution in [0.25, 0.3) is 0 Å². The van der Waals surface area contributed by atoms with Crippen LogP contribution in [0.2, 0.25) is 0 Å². The van der Waals surface area contributed by atoms with Gasteiger partial charge < -0.3 is 9.26 Å². The smallest absolute Gasteiger partial charge is 0.223 e. The molecular weight excluding hydrogens is 282 g/mol. The molecule has 0 aliphatic carbocycles. The first-order valence-electron chi connectivity index (χ1n) is 7.56. The van der Waals surface area contributed by atoms with Gasteiger partial charge in [-0.2, -0.15) is 4.98 Å². The number of hydrogen-bond donors (Lipinski definition) is 0. The summed E-state index contributed by atoms with van der Waals surface area (Å²) in [6.45, 7) is 7.80. The average Bonchev–Trinajstić information content (AvgIpc) is 2.75. The molecule has 0 bridgehead atoms. The lowest BCUT2D eigenvalue weighted by atomic mass is 10.0. The summed E-state index contributed by atoms with van der Waals surface area (Å²) in [6, 6.07) is 2.04. The van der Waals surface area contributed by atoms with E-state index in [4.69, 9.17) is 9.26 Å². The number of aryl methyl sites for hydroxylation is 2. The Kier molecular flexibility index (Phi) is 4.74. The molecule has 2 aromatic heterocycles. The van der Waals surface area contributed by atoms with Crippen molar-refractivity contribution in [2.75, 3.05) is 26.3 Å². The number of ether oxygens (including phenoxy) is 1. The lowest BCUT2D eigenvalue weighted by molar-refractivity contribution is 0.121. The maximum Gasteiger partial charge on any atom is 0.223 e. The number of aromatic nitrogens is 4. The van der Waals surface area contributed by atoms with Crippen LogP contribution in [0, 0.1) is 19.8 Å². The number of hydrogen-bond acceptors (Lipinski definition) is 7. The minimum atomic E-state index is 0.407. The highest BCUT2D eigenvalue weighted by Crippen LogP contribution is 2.14. The second kappa shape index (κ2) is 6.93. The Bertz CT molecular complexity index is 615. The SMILES string of the molecule is Cc1cc(CC2COCCN(Cc3noc(C)n3)C2)ncn1. The molecule has 0 aromatic carbocycles. The quantitative estimate of drug-likeness (QED) is 0.839. The third kappa shape index (κ3) is 4.08. The van der Waals surface area contributed by atoms with E-state index in [2.05, 4.69) is 25.0 Å². The zero-order valence-electron chi connectivity index (χ0n) is 13.0. The summed E-state index contributed by atoms with van der Waals surface area (Å²) < 4.78 is 10.8. The van der Waals surface area contributed by atoms with Crippen LogP contribution in [0.5, 0.6) is 0 Å². The van der Waals surface area contributed by atoms with Crippen molar-refractivity contribution in [2.45, 2.75) is 26.8 Å². The van der Waals surface area contributed by atoms with Gasteiger partial charge in [-0.1, -0.05) is 5.16 Å². The Labute approximate surface area is 129 Å². The van der Waals surface area contributed by atoms with E-state index in [0.29, 0.717) is 18.4 Å². The van der Waals surface area contributed by atoms with Crippen molar-refractivity contribution < 1.29 is 9.26 Å². The molecule has 1 fully saturated rings. The summed E-state index contributed by atoms with van der Waals surface area (Å²) in [4.78, 5) is 15.1. The summed E-state index contributed by atoms with van der Waals surface area (Å²) >= 11 is 0. The molecule has 1 unspecified atom stereocenters. The molecule has 118 valence electrons. The molecule has 1 aliphatic rings. The molecule has 7 heteroatoms. The zero-order chi connectivity index (χ0) is 15.4. The third-order valence-corrected chi connectivity index (χ3v) is 3.71. The van der Waals surface area contributed by atoms with Gasteiger partial charge in [0.25, 0.3) is 0 Å². The molecule has 0 saturated carbocycles. The summed E-state index contributed by atoms with van der Waals surface area (Å²) in [5, 5.41) is 3.97. The zero-order valence-corrected chi connectivity index (χ0v) is 13.0. The van der Waals surface area contributed by atoms with Crippen LogP contribution in [-0.2, 0) is 17.7 Å². The predicted octanol–water partition coefficient (Wildman–Crippen LogP) is 1.17. The fourth-order valence-corrected chi connectivity index (χ4v) is 2.74. The molecule has 0 radical (unpaired) electrons. The topological polar surface area (TPSA) is 77.2 Å². The fraction of sp³-hybridized carbons (Fsp3) is 0.600. The monoisotopic (exact) mass is 303 g/mol. The van der Waals surface area contributed by atoms with Crippen molar-refractivity contribution in [3.63, 3.8) is 0 Å². The molecule has 3 heterocycles. The first kappa shape index (κ1) is 15.1. The van der Waals surface area contributed by atoms with E-state index in [1.165, 1.54) is 0 Å². The first-order valence-corrected chi connectivity index (χ1v) is 7.56. The van der Waals surface area contributed by atoms with Gasteiger partial charge >= 0.3 is 0 Å². The van der Waals surface area contributed by atoms with E-state index >= 15 is 0 Å². The standard InChI is InChI=1S/C15H21N5O2/c1-11-5-14(17-10-16-11)6-13-7-20(3-4-21-9-13)8-15-18-12(2)22-19-15/h5,10,13H,3-4,6-9H2,1-2H3. The fourth-order valence-electron chi connectivity index (χ4n) is 2.74. The van der Waals surface area contributed by atoms with Gasteiger partial charge in [-0.15, -0.1) is 0 Å². The van der Waals surface area contributed by atoms with Crippen LogP contribution in [-0.4, -0.2) is 51.3 Å². The van der Waals surface area contributed by atoms with Gasteiger partial charge in [0.15, 0.2) is 5.82 Å². The average molecular weight is 303 g/mol. The first-order chi connectivity index (χ1) is 10.7. The molecule has 7 nitrogen and oxygen atoms in total. The van der Waals surface area contributed by atoms with Crippen molar-refractivity contribution in [2.24, 2.45) is 5.92 Å². The van der Waals surface area contributed by atoms with Gasteiger partial charge in [-0.05, 0) is 19.4 Å². The van der Waals surface area contributed by atoms with Crippen LogP contribution in [0.15, 0.2) is 16.9 Å². The largest absolute Gasteiger partial charge is 0.380 e. The van der Waals surface area contributed by atoms with E-state index in [1.54, 1.807) is 6.33 Å². The minimum Gasteiger partial charge on any atom is -0.380 e. The third-order valence-electron chi connectivity index (χ3n) is 3.71. The molecule has 1 saturated heterocycles. The van der Waals surface area contributed by atoms with Crippen LogP contribution < -0.4 is 0 Å². The Morgan fingerprint density at radius 2 is 2.23 bits per heavy atom. The summed E-state index contributed by atoms with van der Waals surface area (Å²) in [6.07, 6.45) is 2.52. The number of nitrogens with zero attached hydrogens (tertiary/aromatic N) is 5. The van der Waals surface area contributed by atoms with Gasteiger partial charge in [-0.3, -0.25) is 4.90 Å². The Morgan fingerprint density at radius 1 is 1.32 bits per heavy atom. The van der Waals surface area contributed by atoms with E-state index < -0.39 is 0 Å². The van der Waals surface area contributed by atoms with Gasteiger partial charge in [-0.25, -0.2) is 9.97 Å². The van der Waals surface area contributed by atoms with Crippen LogP contribution in [0.1, 0.15) is 23.1 Å². The molecular formula is C15H21N5O2. The minimum absolute atomic E-state index is 0.407. The Balaban J connectivity index is 1.62. The van der Waals surface area contributed by atoms with Crippen molar-refractivity contribution in [1.82, 2.24) is 25.0 Å². The molecule has 1 atom stereocenters. The van der Waals surface area contributed by atoms with Gasteiger partial charge in [0, 0.05) is 37.3 Å². The van der Waals surface area contributed by atoms with E-state index in [-0.39, 0.29) is 0 Å². The van der Waals surface area contributed by atoms with Crippen LogP contribution >= 0.6 is 0 Å². The second-order valence-electron chi connectivity index (χ2n) is 5.76. The highest BCUT2D eigenvalue weighted by atomic mass is 16.5. The van der Waals surface area contributed by atoms with E-state index in [0.717, 1.165) is 49.9 Å². The lowest BCUT2D eigenvalue weighted by Gasteiger charge is -2.21. The molecule has 0 N–H and O–H groups in total. The van der Waals surface area contributed by atoms with Gasteiger partial charge in [0.05, 0.1) is 19.8 Å². The van der Waals surface area contributed by atoms with Gasteiger partial charge in [0.1, 0.15) is 6.33 Å².